The highest BCUT2D eigenvalue weighted by molar-refractivity contribution is 5.75. The Hall–Kier alpha value is -2.38. The second-order valence-corrected chi connectivity index (χ2v) is 5.61. The van der Waals surface area contributed by atoms with Crippen LogP contribution in [0.15, 0.2) is 45.6 Å². The van der Waals surface area contributed by atoms with Crippen LogP contribution in [-0.2, 0) is 9.47 Å². The van der Waals surface area contributed by atoms with E-state index in [1.165, 1.54) is 20.2 Å². The number of carbonyl (C=O) groups is 1. The van der Waals surface area contributed by atoms with E-state index in [1.807, 2.05) is 18.2 Å². The maximum atomic E-state index is 10.7. The molecule has 2 aromatic rings. The van der Waals surface area contributed by atoms with Gasteiger partial charge >= 0.3 is 11.8 Å². The monoisotopic (exact) mass is 381 g/mol. The Morgan fingerprint density at radius 1 is 1.04 bits per heavy atom. The van der Waals surface area contributed by atoms with Crippen LogP contribution in [0.3, 0.4) is 0 Å². The summed E-state index contributed by atoms with van der Waals surface area (Å²) in [5, 5.41) is 0.951. The molecule has 0 radical (unpaired) electrons. The number of nitrogens with two attached hydrogens (primary N) is 1. The van der Waals surface area contributed by atoms with Gasteiger partial charge < -0.3 is 24.1 Å². The SMILES string of the molecule is CC[N+](CC)(CC)CCOC(=O)OC.CN.O=c1ccc2ccccc2o1. The van der Waals surface area contributed by atoms with Crippen LogP contribution in [-0.4, -0.2) is 57.6 Å². The Morgan fingerprint density at radius 3 is 2.19 bits per heavy atom. The first-order valence-electron chi connectivity index (χ1n) is 9.12. The van der Waals surface area contributed by atoms with Crippen molar-refractivity contribution in [1.29, 1.82) is 0 Å². The van der Waals surface area contributed by atoms with Crippen molar-refractivity contribution in [3.05, 3.63) is 46.8 Å². The molecule has 7 heteroatoms. The number of carbonyl (C=O) groups excluding carboxylic acids is 1. The lowest BCUT2D eigenvalue weighted by molar-refractivity contribution is -0.923. The van der Waals surface area contributed by atoms with Crippen LogP contribution < -0.4 is 11.4 Å². The second-order valence-electron chi connectivity index (χ2n) is 5.61. The van der Waals surface area contributed by atoms with Gasteiger partial charge in [0.15, 0.2) is 0 Å². The van der Waals surface area contributed by atoms with Crippen LogP contribution in [0.4, 0.5) is 4.79 Å². The zero-order valence-electron chi connectivity index (χ0n) is 17.1. The number of para-hydroxylation sites is 1. The van der Waals surface area contributed by atoms with Gasteiger partial charge in [-0.1, -0.05) is 18.2 Å². The van der Waals surface area contributed by atoms with E-state index in [2.05, 4.69) is 31.2 Å². The molecule has 0 aliphatic carbocycles. The van der Waals surface area contributed by atoms with E-state index in [1.54, 1.807) is 12.1 Å². The van der Waals surface area contributed by atoms with Crippen molar-refractivity contribution >= 4 is 17.1 Å². The highest BCUT2D eigenvalue weighted by atomic mass is 16.7. The number of hydrogen-bond acceptors (Lipinski definition) is 6. The van der Waals surface area contributed by atoms with Crippen molar-refractivity contribution in [3.63, 3.8) is 0 Å². The van der Waals surface area contributed by atoms with E-state index in [0.29, 0.717) is 12.2 Å². The Balaban J connectivity index is 0.000000465. The number of likely N-dealkylation sites (N-methyl/N-ethyl adjacent to an activating group) is 1. The molecule has 0 amide bonds. The molecule has 152 valence electrons. The standard InChI is InChI=1S/C10H22NO3.C9H6O2.CH5N/c1-5-11(6-2,7-3)8-9-14-10(12)13-4;10-9-6-5-7-3-1-2-4-8(7)11-9;1-2/h5-9H2,1-4H3;1-6H;2H2,1H3/q+1;;. The van der Waals surface area contributed by atoms with Gasteiger partial charge in [0.1, 0.15) is 18.7 Å². The maximum Gasteiger partial charge on any atom is 0.508 e. The second kappa shape index (κ2) is 13.8. The van der Waals surface area contributed by atoms with Gasteiger partial charge in [0.05, 0.1) is 26.7 Å². The quantitative estimate of drug-likeness (QED) is 0.470. The van der Waals surface area contributed by atoms with E-state index in [4.69, 9.17) is 9.15 Å². The lowest BCUT2D eigenvalue weighted by Crippen LogP contribution is -2.49. The van der Waals surface area contributed by atoms with Crippen molar-refractivity contribution in [2.45, 2.75) is 20.8 Å². The van der Waals surface area contributed by atoms with Gasteiger partial charge in [-0.15, -0.1) is 0 Å². The van der Waals surface area contributed by atoms with Gasteiger partial charge in [-0.05, 0) is 40.0 Å². The fourth-order valence-electron chi connectivity index (χ4n) is 2.54. The molecule has 2 N–H and O–H groups in total. The Bertz CT molecular complexity index is 702. The molecule has 0 aliphatic rings. The Labute approximate surface area is 161 Å². The fraction of sp³-hybridized carbons (Fsp3) is 0.500. The molecule has 1 aromatic heterocycles. The number of rotatable bonds is 6. The summed E-state index contributed by atoms with van der Waals surface area (Å²) in [6.07, 6.45) is -0.591. The first-order chi connectivity index (χ1) is 13.0. The number of fused-ring (bicyclic) bond motifs is 1. The number of quaternary nitrogens is 1. The number of ether oxygens (including phenoxy) is 2. The van der Waals surface area contributed by atoms with Gasteiger partial charge in [0, 0.05) is 11.5 Å². The predicted octanol–water partition coefficient (Wildman–Crippen LogP) is 3.01. The minimum absolute atomic E-state index is 0.302. The molecule has 0 bridgehead atoms. The minimum atomic E-state index is -0.591. The summed E-state index contributed by atoms with van der Waals surface area (Å²) < 4.78 is 15.2. The highest BCUT2D eigenvalue weighted by Gasteiger charge is 2.20. The largest absolute Gasteiger partial charge is 0.508 e. The molecule has 0 aliphatic heterocycles. The van der Waals surface area contributed by atoms with Crippen molar-refractivity contribution < 1.29 is 23.2 Å². The summed E-state index contributed by atoms with van der Waals surface area (Å²) in [6, 6.07) is 10.6. The van der Waals surface area contributed by atoms with E-state index in [-0.39, 0.29) is 5.63 Å². The van der Waals surface area contributed by atoms with Gasteiger partial charge in [0.25, 0.3) is 0 Å². The average Bonchev–Trinajstić information content (AvgIpc) is 2.73. The van der Waals surface area contributed by atoms with Crippen LogP contribution in [0.25, 0.3) is 11.0 Å². The van der Waals surface area contributed by atoms with Gasteiger partial charge in [-0.25, -0.2) is 9.59 Å². The van der Waals surface area contributed by atoms with E-state index >= 15 is 0 Å². The first kappa shape index (κ1) is 24.6. The molecule has 0 spiro atoms. The third kappa shape index (κ3) is 8.70. The van der Waals surface area contributed by atoms with Crippen LogP contribution in [0.2, 0.25) is 0 Å². The minimum Gasteiger partial charge on any atom is -0.438 e. The highest BCUT2D eigenvalue weighted by Crippen LogP contribution is 2.09. The van der Waals surface area contributed by atoms with Crippen LogP contribution in [0.5, 0.6) is 0 Å². The molecule has 1 aromatic carbocycles. The summed E-state index contributed by atoms with van der Waals surface area (Å²) in [5.41, 5.74) is 4.84. The van der Waals surface area contributed by atoms with Crippen LogP contribution in [0.1, 0.15) is 20.8 Å². The molecule has 0 saturated heterocycles. The number of hydrogen-bond donors (Lipinski definition) is 1. The summed E-state index contributed by atoms with van der Waals surface area (Å²) in [5.74, 6) is 0. The summed E-state index contributed by atoms with van der Waals surface area (Å²) in [7, 11) is 2.82. The zero-order chi connectivity index (χ0) is 20.7. The van der Waals surface area contributed by atoms with Crippen LogP contribution >= 0.6 is 0 Å². The number of methoxy groups -OCH3 is 1. The normalized spacial score (nSPS) is 10.1. The number of benzene rings is 1. The topological polar surface area (TPSA) is 91.8 Å². The smallest absolute Gasteiger partial charge is 0.438 e. The predicted molar refractivity (Wildman–Crippen MR) is 108 cm³/mol. The average molecular weight is 381 g/mol. The van der Waals surface area contributed by atoms with E-state index < -0.39 is 6.16 Å². The molecular weight excluding hydrogens is 348 g/mol. The van der Waals surface area contributed by atoms with Crippen molar-refractivity contribution in [2.75, 3.05) is 46.9 Å². The van der Waals surface area contributed by atoms with Crippen molar-refractivity contribution in [2.24, 2.45) is 5.73 Å². The lowest BCUT2D eigenvalue weighted by atomic mass is 10.2. The van der Waals surface area contributed by atoms with Gasteiger partial charge in [-0.2, -0.15) is 0 Å². The maximum absolute atomic E-state index is 10.7. The zero-order valence-corrected chi connectivity index (χ0v) is 17.1. The Kier molecular flexibility index (Phi) is 12.6. The van der Waals surface area contributed by atoms with E-state index in [0.717, 1.165) is 36.0 Å². The molecule has 7 nitrogen and oxygen atoms in total. The van der Waals surface area contributed by atoms with Crippen molar-refractivity contribution in [1.82, 2.24) is 0 Å². The first-order valence-corrected chi connectivity index (χ1v) is 9.12. The van der Waals surface area contributed by atoms with Crippen molar-refractivity contribution in [3.8, 4) is 0 Å². The molecular formula is C20H33N2O5+. The van der Waals surface area contributed by atoms with E-state index in [9.17, 15) is 9.59 Å². The molecule has 2 rings (SSSR count). The van der Waals surface area contributed by atoms with Gasteiger partial charge in [0.2, 0.25) is 0 Å². The summed E-state index contributed by atoms with van der Waals surface area (Å²) in [4.78, 5) is 21.4. The molecule has 1 heterocycles. The lowest BCUT2D eigenvalue weighted by Gasteiger charge is -2.35. The van der Waals surface area contributed by atoms with Gasteiger partial charge in [-0.3, -0.25) is 0 Å². The molecule has 0 fully saturated rings. The molecule has 0 atom stereocenters. The molecule has 0 saturated carbocycles. The Morgan fingerprint density at radius 2 is 1.63 bits per heavy atom. The van der Waals surface area contributed by atoms with Crippen LogP contribution in [0, 0.1) is 0 Å². The third-order valence-electron chi connectivity index (χ3n) is 4.49. The fourth-order valence-corrected chi connectivity index (χ4v) is 2.54. The summed E-state index contributed by atoms with van der Waals surface area (Å²) in [6.45, 7) is 11.0. The third-order valence-corrected chi connectivity index (χ3v) is 4.49. The molecule has 0 unspecified atom stereocenters. The number of nitrogens with zero attached hydrogens (tertiary/aromatic N) is 1. The molecule has 27 heavy (non-hydrogen) atoms. The summed E-state index contributed by atoms with van der Waals surface area (Å²) >= 11 is 0.